The summed E-state index contributed by atoms with van der Waals surface area (Å²) in [4.78, 5) is 59.6. The minimum Gasteiger partial charge on any atom is -0.543 e. The molecule has 2 atom stereocenters. The number of aliphatic hydroxyl groups excluding tert-OH is 1. The van der Waals surface area contributed by atoms with E-state index < -0.39 is 47.5 Å². The topological polar surface area (TPSA) is 213 Å². The van der Waals surface area contributed by atoms with Crippen molar-refractivity contribution in [2.24, 2.45) is 5.16 Å². The third-order valence-electron chi connectivity index (χ3n) is 5.51. The van der Waals surface area contributed by atoms with Crippen LogP contribution in [0.4, 0.5) is 5.13 Å². The predicted octanol–water partition coefficient (Wildman–Crippen LogP) is -2.71. The second kappa shape index (κ2) is 12.2. The molecule has 2 aromatic heterocycles. The number of hydrogen-bond donors (Lipinski definition) is 3. The second-order valence-corrected chi connectivity index (χ2v) is 10.0. The van der Waals surface area contributed by atoms with Crippen LogP contribution in [0.5, 0.6) is 0 Å². The van der Waals surface area contributed by atoms with E-state index in [-0.39, 0.29) is 42.2 Å². The number of carboxylic acids is 1. The number of rotatable bonds is 11. The molecule has 0 aliphatic carbocycles. The monoisotopic (exact) mass is 577 g/mol. The highest BCUT2D eigenvalue weighted by Gasteiger charge is 2.53. The van der Waals surface area contributed by atoms with Crippen LogP contribution in [0.1, 0.15) is 18.3 Å². The first kappa shape index (κ1) is 27.9. The Morgan fingerprint density at radius 2 is 2.21 bits per heavy atom. The number of carbonyl (C=O) groups is 4. The first-order valence-corrected chi connectivity index (χ1v) is 13.3. The maximum Gasteiger partial charge on any atom is 0.347 e. The molecule has 4 heterocycles. The van der Waals surface area contributed by atoms with Gasteiger partial charge in [0.25, 0.3) is 11.8 Å². The zero-order valence-corrected chi connectivity index (χ0v) is 22.1. The van der Waals surface area contributed by atoms with Crippen LogP contribution < -0.4 is 20.7 Å². The van der Waals surface area contributed by atoms with Crippen molar-refractivity contribution in [2.75, 3.05) is 24.7 Å². The van der Waals surface area contributed by atoms with Gasteiger partial charge in [0.2, 0.25) is 18.1 Å². The van der Waals surface area contributed by atoms with Gasteiger partial charge >= 0.3 is 5.97 Å². The zero-order valence-electron chi connectivity index (χ0n) is 20.4. The Morgan fingerprint density at radius 3 is 2.87 bits per heavy atom. The molecule has 15 nitrogen and oxygen atoms in total. The van der Waals surface area contributed by atoms with Crippen LogP contribution in [0.15, 0.2) is 41.0 Å². The third-order valence-corrected chi connectivity index (χ3v) is 7.40. The Balaban J connectivity index is 1.51. The Bertz CT molecular complexity index is 1360. The van der Waals surface area contributed by atoms with Gasteiger partial charge in [0, 0.05) is 34.5 Å². The van der Waals surface area contributed by atoms with Crippen LogP contribution >= 0.6 is 23.3 Å². The lowest BCUT2D eigenvalue weighted by Gasteiger charge is -2.50. The Morgan fingerprint density at radius 1 is 1.41 bits per heavy atom. The predicted molar refractivity (Wildman–Crippen MR) is 133 cm³/mol. The molecule has 2 aromatic rings. The molecule has 1 saturated heterocycles. The Kier molecular flexibility index (Phi) is 8.72. The molecule has 4 N–H and O–H groups in total. The Hall–Kier alpha value is -4.09. The fourth-order valence-electron chi connectivity index (χ4n) is 3.86. The number of aliphatic hydroxyl groups is 1. The number of nitrogens with zero attached hydrogens (tertiary/aromatic N) is 5. The number of amides is 2. The van der Waals surface area contributed by atoms with Crippen molar-refractivity contribution in [2.45, 2.75) is 31.5 Å². The van der Waals surface area contributed by atoms with E-state index in [0.717, 1.165) is 16.4 Å². The van der Waals surface area contributed by atoms with Crippen molar-refractivity contribution in [1.29, 1.82) is 0 Å². The molecule has 1 fully saturated rings. The molecular formula is C22H23N7O8S2. The number of aromatic nitrogens is 3. The summed E-state index contributed by atoms with van der Waals surface area (Å²) >= 11 is 2.06. The molecule has 1 unspecified atom stereocenters. The summed E-state index contributed by atoms with van der Waals surface area (Å²) in [7, 11) is 0. The summed E-state index contributed by atoms with van der Waals surface area (Å²) in [6, 6.07) is 2.34. The number of fused-ring (bicyclic) bond motifs is 1. The van der Waals surface area contributed by atoms with Crippen molar-refractivity contribution in [3.8, 4) is 0 Å². The number of carbonyl (C=O) groups excluding carboxylic acids is 4. The number of oxime groups is 1. The summed E-state index contributed by atoms with van der Waals surface area (Å²) < 4.78 is 10.4. The number of carboxylic acid groups (broad SMARTS) is 1. The molecule has 0 aromatic carbocycles. The summed E-state index contributed by atoms with van der Waals surface area (Å²) in [6.45, 7) is 1.13. The second-order valence-electron chi connectivity index (χ2n) is 8.12. The SMILES string of the molecule is CCOC(=O)CON=C(C(=O)NC1C(=O)N2C(C(=O)[O-])=C(C[n+]3cccc(CO)c3)CS[C@@H]12)c1nsc(N)n1. The lowest BCUT2D eigenvalue weighted by molar-refractivity contribution is -0.689. The largest absolute Gasteiger partial charge is 0.543 e. The molecule has 17 heteroatoms. The number of nitrogens with two attached hydrogens (primary N) is 1. The Labute approximate surface area is 229 Å². The molecule has 0 radical (unpaired) electrons. The summed E-state index contributed by atoms with van der Waals surface area (Å²) in [5.74, 6) is -3.73. The molecule has 2 amide bonds. The minimum atomic E-state index is -1.52. The first-order chi connectivity index (χ1) is 18.7. The van der Waals surface area contributed by atoms with Crippen LogP contribution in [0.2, 0.25) is 0 Å². The van der Waals surface area contributed by atoms with Gasteiger partial charge in [-0.15, -0.1) is 11.8 Å². The van der Waals surface area contributed by atoms with Crippen molar-refractivity contribution < 1.29 is 43.5 Å². The van der Waals surface area contributed by atoms with E-state index in [1.54, 1.807) is 36.0 Å². The number of thioether (sulfide) groups is 1. The van der Waals surface area contributed by atoms with Crippen molar-refractivity contribution in [3.63, 3.8) is 0 Å². The summed E-state index contributed by atoms with van der Waals surface area (Å²) in [5, 5.41) is 26.9. The van der Waals surface area contributed by atoms with Crippen molar-refractivity contribution >= 4 is 57.9 Å². The molecule has 4 rings (SSSR count). The minimum absolute atomic E-state index is 0.0447. The molecule has 2 aliphatic rings. The number of ether oxygens (including phenoxy) is 1. The molecule has 0 bridgehead atoms. The van der Waals surface area contributed by atoms with Gasteiger partial charge in [-0.25, -0.2) is 9.36 Å². The van der Waals surface area contributed by atoms with Gasteiger partial charge in [-0.1, -0.05) is 5.16 Å². The van der Waals surface area contributed by atoms with Crippen molar-refractivity contribution in [1.82, 2.24) is 19.6 Å². The fourth-order valence-corrected chi connectivity index (χ4v) is 5.63. The lowest BCUT2D eigenvalue weighted by atomic mass is 10.0. The normalized spacial score (nSPS) is 18.8. The van der Waals surface area contributed by atoms with E-state index in [4.69, 9.17) is 15.3 Å². The van der Waals surface area contributed by atoms with E-state index in [1.807, 2.05) is 0 Å². The number of esters is 1. The van der Waals surface area contributed by atoms with Crippen LogP contribution in [-0.4, -0.2) is 79.2 Å². The maximum absolute atomic E-state index is 13.1. The molecule has 39 heavy (non-hydrogen) atoms. The number of anilines is 1. The van der Waals surface area contributed by atoms with Gasteiger partial charge in [-0.05, 0) is 13.0 Å². The van der Waals surface area contributed by atoms with E-state index in [1.165, 1.54) is 11.8 Å². The number of nitrogens with one attached hydrogen (secondary N) is 1. The van der Waals surface area contributed by atoms with Crippen molar-refractivity contribution in [3.05, 3.63) is 47.2 Å². The number of aliphatic carboxylic acids is 1. The van der Waals surface area contributed by atoms with Gasteiger partial charge in [-0.2, -0.15) is 9.36 Å². The molecule has 2 aliphatic heterocycles. The molecule has 206 valence electrons. The van der Waals surface area contributed by atoms with Crippen LogP contribution in [0.3, 0.4) is 0 Å². The number of β-lactam (4-membered cyclic amide) rings is 1. The average molecular weight is 578 g/mol. The summed E-state index contributed by atoms with van der Waals surface area (Å²) in [6.07, 6.45) is 3.38. The number of pyridine rings is 1. The highest BCUT2D eigenvalue weighted by Crippen LogP contribution is 2.40. The zero-order chi connectivity index (χ0) is 28.1. The highest BCUT2D eigenvalue weighted by atomic mass is 32.2. The van der Waals surface area contributed by atoms with Gasteiger partial charge in [-0.3, -0.25) is 14.5 Å². The van der Waals surface area contributed by atoms with E-state index >= 15 is 0 Å². The van der Waals surface area contributed by atoms with Crippen LogP contribution in [-0.2, 0) is 41.9 Å². The molecular weight excluding hydrogens is 554 g/mol. The maximum atomic E-state index is 13.1. The smallest absolute Gasteiger partial charge is 0.347 e. The molecule has 0 saturated carbocycles. The molecule has 0 spiro atoms. The fraction of sp³-hybridized carbons (Fsp3) is 0.364. The number of hydrogen-bond acceptors (Lipinski definition) is 14. The number of nitrogen functional groups attached to an aromatic ring is 1. The van der Waals surface area contributed by atoms with Gasteiger partial charge in [0.05, 0.1) is 24.9 Å². The van der Waals surface area contributed by atoms with Gasteiger partial charge < -0.3 is 35.6 Å². The van der Waals surface area contributed by atoms with E-state index in [2.05, 4.69) is 19.8 Å². The lowest BCUT2D eigenvalue weighted by Crippen LogP contribution is -2.71. The first-order valence-electron chi connectivity index (χ1n) is 11.5. The average Bonchev–Trinajstić information content (AvgIpc) is 3.35. The highest BCUT2D eigenvalue weighted by molar-refractivity contribution is 8.00. The third kappa shape index (κ3) is 6.15. The van der Waals surface area contributed by atoms with Crippen LogP contribution in [0.25, 0.3) is 0 Å². The standard InChI is InChI=1S/C22H23N7O8S2/c1-2-36-13(31)9-37-26-14(17-25-22(23)39-27-17)18(32)24-15-19(33)29-16(21(34)35)12(10-38-20(15)29)7-28-5-3-4-11(6-28)8-30/h3-6,15,20,30H,2,7-10H2,1H3,(H3-,23,24,25,27,32,34,35)/t15?,20-/m0/s1. The summed E-state index contributed by atoms with van der Waals surface area (Å²) in [5.41, 5.74) is 5.98. The van der Waals surface area contributed by atoms with Gasteiger partial charge in [0.1, 0.15) is 11.4 Å². The van der Waals surface area contributed by atoms with E-state index in [0.29, 0.717) is 11.1 Å². The van der Waals surface area contributed by atoms with Crippen LogP contribution in [0, 0.1) is 0 Å². The van der Waals surface area contributed by atoms with Gasteiger partial charge in [0.15, 0.2) is 24.1 Å². The quantitative estimate of drug-likeness (QED) is 0.0817. The van der Waals surface area contributed by atoms with E-state index in [9.17, 15) is 29.4 Å².